The summed E-state index contributed by atoms with van der Waals surface area (Å²) in [5.41, 5.74) is 3.44. The van der Waals surface area contributed by atoms with Crippen molar-refractivity contribution < 1.29 is 18.5 Å². The maximum Gasteiger partial charge on any atom is 0.306 e. The molecule has 2 aromatic carbocycles. The highest BCUT2D eigenvalue weighted by Gasteiger charge is 2.13. The molecule has 0 spiro atoms. The Morgan fingerprint density at radius 2 is 1.79 bits per heavy atom. The highest BCUT2D eigenvalue weighted by atomic mass is 16.5. The van der Waals surface area contributed by atoms with Crippen LogP contribution in [0.15, 0.2) is 69.8 Å². The van der Waals surface area contributed by atoms with Gasteiger partial charge in [-0.05, 0) is 19.1 Å². The first-order chi connectivity index (χ1) is 14.2. The molecular weight excluding hydrogens is 370 g/mol. The monoisotopic (exact) mass is 389 g/mol. The Labute approximate surface area is 167 Å². The summed E-state index contributed by atoms with van der Waals surface area (Å²) < 4.78 is 15.9. The van der Waals surface area contributed by atoms with Crippen LogP contribution in [0.1, 0.15) is 23.6 Å². The van der Waals surface area contributed by atoms with Crippen molar-refractivity contribution in [3.63, 3.8) is 0 Å². The van der Waals surface area contributed by atoms with Gasteiger partial charge in [0, 0.05) is 17.5 Å². The third kappa shape index (κ3) is 4.76. The van der Waals surface area contributed by atoms with Gasteiger partial charge >= 0.3 is 5.97 Å². The summed E-state index contributed by atoms with van der Waals surface area (Å²) in [6.07, 6.45) is 1.94. The van der Waals surface area contributed by atoms with Crippen LogP contribution in [0, 0.1) is 6.92 Å². The number of hydrogen-bond acceptors (Lipinski definition) is 7. The SMILES string of the molecule is Cc1ccc(-c2noc(CCC(=O)OCc3coc(-c4ccccc4)n3)n2)cc1. The third-order valence-corrected chi connectivity index (χ3v) is 4.27. The second kappa shape index (κ2) is 8.52. The van der Waals surface area contributed by atoms with Crippen LogP contribution in [0.5, 0.6) is 0 Å². The molecule has 2 heterocycles. The lowest BCUT2D eigenvalue weighted by Gasteiger charge is -2.00. The average Bonchev–Trinajstić information content (AvgIpc) is 3.42. The second-order valence-corrected chi connectivity index (χ2v) is 6.55. The summed E-state index contributed by atoms with van der Waals surface area (Å²) in [7, 11) is 0. The van der Waals surface area contributed by atoms with Gasteiger partial charge in [-0.15, -0.1) is 0 Å². The molecule has 0 aliphatic heterocycles. The number of benzene rings is 2. The fraction of sp³-hybridized carbons (Fsp3) is 0.182. The van der Waals surface area contributed by atoms with E-state index in [1.54, 1.807) is 0 Å². The number of ether oxygens (including phenoxy) is 1. The van der Waals surface area contributed by atoms with Crippen LogP contribution in [0.2, 0.25) is 0 Å². The summed E-state index contributed by atoms with van der Waals surface area (Å²) >= 11 is 0. The van der Waals surface area contributed by atoms with Crippen molar-refractivity contribution in [2.45, 2.75) is 26.4 Å². The van der Waals surface area contributed by atoms with E-state index in [-0.39, 0.29) is 19.0 Å². The van der Waals surface area contributed by atoms with Crippen LogP contribution in [0.4, 0.5) is 0 Å². The molecule has 0 radical (unpaired) electrons. The molecule has 0 atom stereocenters. The predicted octanol–water partition coefficient (Wildman–Crippen LogP) is 4.38. The molecule has 7 nitrogen and oxygen atoms in total. The molecule has 0 fully saturated rings. The fourth-order valence-corrected chi connectivity index (χ4v) is 2.70. The topological polar surface area (TPSA) is 91.2 Å². The maximum absolute atomic E-state index is 12.0. The lowest BCUT2D eigenvalue weighted by Crippen LogP contribution is -2.06. The molecule has 0 aliphatic carbocycles. The van der Waals surface area contributed by atoms with Gasteiger partial charge in [0.05, 0.1) is 6.42 Å². The highest BCUT2D eigenvalue weighted by Crippen LogP contribution is 2.19. The number of carbonyl (C=O) groups is 1. The smallest absolute Gasteiger partial charge is 0.306 e. The van der Waals surface area contributed by atoms with Crippen LogP contribution < -0.4 is 0 Å². The summed E-state index contributed by atoms with van der Waals surface area (Å²) in [6, 6.07) is 17.4. The van der Waals surface area contributed by atoms with Gasteiger partial charge in [-0.3, -0.25) is 4.79 Å². The molecule has 4 rings (SSSR count). The molecule has 146 valence electrons. The van der Waals surface area contributed by atoms with Gasteiger partial charge < -0.3 is 13.7 Å². The summed E-state index contributed by atoms with van der Waals surface area (Å²) in [4.78, 5) is 20.7. The van der Waals surface area contributed by atoms with E-state index >= 15 is 0 Å². The average molecular weight is 389 g/mol. The zero-order valence-electron chi connectivity index (χ0n) is 15.9. The minimum absolute atomic E-state index is 0.0492. The van der Waals surface area contributed by atoms with Gasteiger partial charge in [-0.1, -0.05) is 53.2 Å². The maximum atomic E-state index is 12.0. The number of oxazole rings is 1. The molecule has 7 heteroatoms. The first-order valence-electron chi connectivity index (χ1n) is 9.22. The Morgan fingerprint density at radius 3 is 2.59 bits per heavy atom. The Bertz CT molecular complexity index is 1080. The van der Waals surface area contributed by atoms with Crippen molar-refractivity contribution in [1.82, 2.24) is 15.1 Å². The normalized spacial score (nSPS) is 10.8. The number of rotatable bonds is 7. The molecular formula is C22H19N3O4. The van der Waals surface area contributed by atoms with Gasteiger partial charge in [0.1, 0.15) is 18.6 Å². The van der Waals surface area contributed by atoms with Crippen molar-refractivity contribution in [1.29, 1.82) is 0 Å². The van der Waals surface area contributed by atoms with Crippen LogP contribution >= 0.6 is 0 Å². The van der Waals surface area contributed by atoms with Crippen LogP contribution in [-0.2, 0) is 22.6 Å². The Balaban J connectivity index is 1.27. The first kappa shape index (κ1) is 18.6. The van der Waals surface area contributed by atoms with Crippen LogP contribution in [0.3, 0.4) is 0 Å². The van der Waals surface area contributed by atoms with E-state index in [1.165, 1.54) is 6.26 Å². The molecule has 0 saturated carbocycles. The summed E-state index contributed by atoms with van der Waals surface area (Å²) in [5.74, 6) is 1.02. The van der Waals surface area contributed by atoms with Crippen molar-refractivity contribution >= 4 is 5.97 Å². The molecule has 0 amide bonds. The van der Waals surface area contributed by atoms with Crippen molar-refractivity contribution in [2.24, 2.45) is 0 Å². The number of hydrogen-bond donors (Lipinski definition) is 0. The van der Waals surface area contributed by atoms with E-state index in [4.69, 9.17) is 13.7 Å². The summed E-state index contributed by atoms with van der Waals surface area (Å²) in [6.45, 7) is 2.06. The quantitative estimate of drug-likeness (QED) is 0.433. The molecule has 0 saturated heterocycles. The molecule has 0 unspecified atom stereocenters. The molecule has 2 aromatic heterocycles. The lowest BCUT2D eigenvalue weighted by molar-refractivity contribution is -0.145. The lowest BCUT2D eigenvalue weighted by atomic mass is 10.1. The predicted molar refractivity (Wildman–Crippen MR) is 105 cm³/mol. The van der Waals surface area contributed by atoms with E-state index < -0.39 is 0 Å². The minimum atomic E-state index is -0.371. The highest BCUT2D eigenvalue weighted by molar-refractivity contribution is 5.69. The van der Waals surface area contributed by atoms with E-state index in [0.717, 1.165) is 16.7 Å². The summed E-state index contributed by atoms with van der Waals surface area (Å²) in [5, 5.41) is 3.96. The zero-order chi connectivity index (χ0) is 20.1. The van der Waals surface area contributed by atoms with Crippen LogP contribution in [-0.4, -0.2) is 21.1 Å². The Kier molecular flexibility index (Phi) is 5.47. The standard InChI is InChI=1S/C22H19N3O4/c1-15-7-9-16(10-8-15)21-24-19(29-25-21)11-12-20(26)27-13-18-14-28-22(23-18)17-5-3-2-4-6-17/h2-10,14H,11-13H2,1H3. The van der Waals surface area contributed by atoms with Crippen molar-refractivity contribution in [3.8, 4) is 22.8 Å². The minimum Gasteiger partial charge on any atom is -0.459 e. The van der Waals surface area contributed by atoms with Gasteiger partial charge in [0.2, 0.25) is 17.6 Å². The molecule has 4 aromatic rings. The zero-order valence-corrected chi connectivity index (χ0v) is 15.9. The molecule has 0 bridgehead atoms. The Morgan fingerprint density at radius 1 is 1.00 bits per heavy atom. The van der Waals surface area contributed by atoms with E-state index in [2.05, 4.69) is 15.1 Å². The first-order valence-corrected chi connectivity index (χ1v) is 9.22. The number of esters is 1. The molecule has 29 heavy (non-hydrogen) atoms. The number of nitrogens with zero attached hydrogens (tertiary/aromatic N) is 3. The van der Waals surface area contributed by atoms with E-state index in [1.807, 2.05) is 61.5 Å². The molecule has 0 N–H and O–H groups in total. The second-order valence-electron chi connectivity index (χ2n) is 6.55. The fourth-order valence-electron chi connectivity index (χ4n) is 2.70. The van der Waals surface area contributed by atoms with Gasteiger partial charge in [0.25, 0.3) is 0 Å². The molecule has 0 aliphatic rings. The van der Waals surface area contributed by atoms with E-state index in [9.17, 15) is 4.79 Å². The van der Waals surface area contributed by atoms with Crippen molar-refractivity contribution in [2.75, 3.05) is 0 Å². The van der Waals surface area contributed by atoms with Crippen LogP contribution in [0.25, 0.3) is 22.8 Å². The number of carbonyl (C=O) groups excluding carboxylic acids is 1. The third-order valence-electron chi connectivity index (χ3n) is 4.27. The largest absolute Gasteiger partial charge is 0.459 e. The number of aryl methyl sites for hydroxylation is 2. The Hall–Kier alpha value is -3.74. The van der Waals surface area contributed by atoms with E-state index in [0.29, 0.717) is 29.7 Å². The van der Waals surface area contributed by atoms with Gasteiger partial charge in [-0.2, -0.15) is 4.98 Å². The van der Waals surface area contributed by atoms with Crippen molar-refractivity contribution in [3.05, 3.63) is 78.0 Å². The number of aromatic nitrogens is 3. The van der Waals surface area contributed by atoms with Gasteiger partial charge in [-0.25, -0.2) is 4.98 Å². The van der Waals surface area contributed by atoms with Gasteiger partial charge in [0.15, 0.2) is 0 Å².